The average Bonchev–Trinajstić information content (AvgIpc) is 2.66. The number of aromatic amines is 2. The highest BCUT2D eigenvalue weighted by atomic mass is 16.1. The van der Waals surface area contributed by atoms with E-state index in [1.807, 2.05) is 30.3 Å². The number of benzene rings is 1. The first-order valence-corrected chi connectivity index (χ1v) is 4.46. The van der Waals surface area contributed by atoms with Gasteiger partial charge in [0, 0.05) is 0 Å². The van der Waals surface area contributed by atoms with Crippen LogP contribution in [0.1, 0.15) is 5.56 Å². The molecule has 6 nitrogen and oxygen atoms in total. The highest BCUT2D eigenvalue weighted by molar-refractivity contribution is 5.27. The molecule has 0 radical (unpaired) electrons. The molecular weight excluding hydrogens is 194 g/mol. The lowest BCUT2D eigenvalue weighted by molar-refractivity contribution is 0.811. The molecule has 0 amide bonds. The third-order valence-corrected chi connectivity index (χ3v) is 1.96. The van der Waals surface area contributed by atoms with Gasteiger partial charge in [-0.2, -0.15) is 0 Å². The molecule has 4 N–H and O–H groups in total. The van der Waals surface area contributed by atoms with Crippen LogP contribution in [-0.2, 0) is 6.54 Å². The second-order valence-electron chi connectivity index (χ2n) is 3.11. The normalized spacial score (nSPS) is 10.2. The highest BCUT2D eigenvalue weighted by Crippen LogP contribution is 2.05. The predicted octanol–water partition coefficient (Wildman–Crippen LogP) is -0.0217. The van der Waals surface area contributed by atoms with Gasteiger partial charge in [-0.05, 0) is 5.56 Å². The summed E-state index contributed by atoms with van der Waals surface area (Å²) in [5.41, 5.74) is 0.678. The van der Waals surface area contributed by atoms with E-state index in [-0.39, 0.29) is 5.69 Å². The molecule has 0 spiro atoms. The molecule has 1 aromatic heterocycles. The van der Waals surface area contributed by atoms with Crippen LogP contribution in [0.3, 0.4) is 0 Å². The zero-order valence-corrected chi connectivity index (χ0v) is 7.97. The first-order chi connectivity index (χ1) is 7.25. The molecule has 0 unspecified atom stereocenters. The van der Waals surface area contributed by atoms with E-state index in [0.29, 0.717) is 12.5 Å². The van der Waals surface area contributed by atoms with Gasteiger partial charge in [0.05, 0.1) is 6.54 Å². The Morgan fingerprint density at radius 3 is 2.67 bits per heavy atom. The first-order valence-electron chi connectivity index (χ1n) is 4.46. The fourth-order valence-corrected chi connectivity index (χ4v) is 1.25. The number of H-pyrrole nitrogens is 2. The number of nitrogens with one attached hydrogen (secondary N) is 2. The minimum absolute atomic E-state index is 0.323. The quantitative estimate of drug-likeness (QED) is 0.485. The lowest BCUT2D eigenvalue weighted by Gasteiger charge is -2.14. The molecule has 2 aromatic rings. The zero-order valence-electron chi connectivity index (χ0n) is 7.97. The molecule has 0 saturated heterocycles. The van der Waals surface area contributed by atoms with E-state index in [4.69, 9.17) is 5.84 Å². The largest absolute Gasteiger partial charge is 0.342 e. The lowest BCUT2D eigenvalue weighted by Crippen LogP contribution is -2.31. The SMILES string of the molecule is NN(Cc1ccccc1)c1n[nH]c(=O)[nH]1. The maximum Gasteiger partial charge on any atom is 0.342 e. The van der Waals surface area contributed by atoms with Gasteiger partial charge in [-0.1, -0.05) is 30.3 Å². The van der Waals surface area contributed by atoms with Crippen molar-refractivity contribution in [2.45, 2.75) is 6.54 Å². The molecule has 0 atom stereocenters. The van der Waals surface area contributed by atoms with Crippen LogP contribution in [0.2, 0.25) is 0 Å². The Morgan fingerprint density at radius 2 is 2.07 bits per heavy atom. The molecule has 1 aromatic carbocycles. The molecule has 0 aliphatic carbocycles. The van der Waals surface area contributed by atoms with Gasteiger partial charge in [0.25, 0.3) is 0 Å². The number of hydrogen-bond acceptors (Lipinski definition) is 4. The van der Waals surface area contributed by atoms with Crippen LogP contribution in [0, 0.1) is 0 Å². The fraction of sp³-hybridized carbons (Fsp3) is 0.111. The van der Waals surface area contributed by atoms with Gasteiger partial charge < -0.3 is 0 Å². The first kappa shape index (κ1) is 9.47. The minimum Gasteiger partial charge on any atom is -0.275 e. The van der Waals surface area contributed by atoms with Crippen LogP contribution in [0.15, 0.2) is 35.1 Å². The summed E-state index contributed by atoms with van der Waals surface area (Å²) >= 11 is 0. The molecular formula is C9H11N5O. The van der Waals surface area contributed by atoms with Crippen molar-refractivity contribution in [1.29, 1.82) is 0 Å². The van der Waals surface area contributed by atoms with E-state index < -0.39 is 0 Å². The molecule has 1 heterocycles. The van der Waals surface area contributed by atoms with E-state index in [9.17, 15) is 4.79 Å². The molecule has 78 valence electrons. The van der Waals surface area contributed by atoms with Crippen molar-refractivity contribution in [2.24, 2.45) is 5.84 Å². The number of anilines is 1. The van der Waals surface area contributed by atoms with E-state index in [1.165, 1.54) is 5.01 Å². The summed E-state index contributed by atoms with van der Waals surface area (Å²) in [5, 5.41) is 7.34. The summed E-state index contributed by atoms with van der Waals surface area (Å²) in [6, 6.07) is 9.68. The van der Waals surface area contributed by atoms with Gasteiger partial charge in [-0.15, -0.1) is 5.10 Å². The van der Waals surface area contributed by atoms with Crippen molar-refractivity contribution in [2.75, 3.05) is 5.01 Å². The molecule has 0 bridgehead atoms. The molecule has 2 rings (SSSR count). The summed E-state index contributed by atoms with van der Waals surface area (Å²) in [4.78, 5) is 13.3. The van der Waals surface area contributed by atoms with E-state index >= 15 is 0 Å². The van der Waals surface area contributed by atoms with Gasteiger partial charge in [0.2, 0.25) is 5.95 Å². The van der Waals surface area contributed by atoms with Crippen molar-refractivity contribution in [3.05, 3.63) is 46.4 Å². The number of nitrogens with zero attached hydrogens (tertiary/aromatic N) is 2. The Labute approximate surface area is 85.7 Å². The van der Waals surface area contributed by atoms with Crippen LogP contribution < -0.4 is 16.5 Å². The zero-order chi connectivity index (χ0) is 10.7. The Balaban J connectivity index is 2.10. The van der Waals surface area contributed by atoms with Crippen LogP contribution >= 0.6 is 0 Å². The molecule has 0 aliphatic heterocycles. The van der Waals surface area contributed by atoms with Gasteiger partial charge in [0.15, 0.2) is 0 Å². The van der Waals surface area contributed by atoms with Crippen molar-refractivity contribution >= 4 is 5.95 Å². The molecule has 6 heteroatoms. The molecule has 0 fully saturated rings. The van der Waals surface area contributed by atoms with Gasteiger partial charge in [-0.3, -0.25) is 9.99 Å². The van der Waals surface area contributed by atoms with Crippen LogP contribution in [0.5, 0.6) is 0 Å². The summed E-state index contributed by atoms with van der Waals surface area (Å²) in [6.07, 6.45) is 0. The third kappa shape index (κ3) is 2.23. The van der Waals surface area contributed by atoms with Gasteiger partial charge in [0.1, 0.15) is 0 Å². The van der Waals surface area contributed by atoms with Crippen LogP contribution in [-0.4, -0.2) is 15.2 Å². The second kappa shape index (κ2) is 3.97. The Hall–Kier alpha value is -2.08. The molecule has 15 heavy (non-hydrogen) atoms. The monoisotopic (exact) mass is 205 g/mol. The fourth-order valence-electron chi connectivity index (χ4n) is 1.25. The number of hydrogen-bond donors (Lipinski definition) is 3. The highest BCUT2D eigenvalue weighted by Gasteiger charge is 2.05. The smallest absolute Gasteiger partial charge is 0.275 e. The summed E-state index contributed by atoms with van der Waals surface area (Å²) < 4.78 is 0. The van der Waals surface area contributed by atoms with Crippen molar-refractivity contribution in [3.63, 3.8) is 0 Å². The summed E-state index contributed by atoms with van der Waals surface area (Å²) in [7, 11) is 0. The number of rotatable bonds is 3. The van der Waals surface area contributed by atoms with Crippen molar-refractivity contribution < 1.29 is 0 Å². The predicted molar refractivity (Wildman–Crippen MR) is 56.0 cm³/mol. The summed E-state index contributed by atoms with van der Waals surface area (Å²) in [5.74, 6) is 6.04. The van der Waals surface area contributed by atoms with Gasteiger partial charge >= 0.3 is 5.69 Å². The van der Waals surface area contributed by atoms with E-state index in [1.54, 1.807) is 0 Å². The maximum atomic E-state index is 10.8. The number of hydrazine groups is 1. The molecule has 0 saturated carbocycles. The third-order valence-electron chi connectivity index (χ3n) is 1.96. The van der Waals surface area contributed by atoms with Crippen LogP contribution in [0.4, 0.5) is 5.95 Å². The Kier molecular flexibility index (Phi) is 2.51. The second-order valence-corrected chi connectivity index (χ2v) is 3.11. The van der Waals surface area contributed by atoms with Crippen molar-refractivity contribution in [1.82, 2.24) is 15.2 Å². The Bertz CT molecular complexity index is 475. The lowest BCUT2D eigenvalue weighted by atomic mass is 10.2. The standard InChI is InChI=1S/C9H11N5O/c10-14(8-11-9(15)13-12-8)6-7-4-2-1-3-5-7/h1-5H,6,10H2,(H2,11,12,13,15). The maximum absolute atomic E-state index is 10.8. The minimum atomic E-state index is -0.367. The van der Waals surface area contributed by atoms with Crippen LogP contribution in [0.25, 0.3) is 0 Å². The number of nitrogens with two attached hydrogens (primary N) is 1. The van der Waals surface area contributed by atoms with Gasteiger partial charge in [-0.25, -0.2) is 15.7 Å². The topological polar surface area (TPSA) is 90.8 Å². The number of aromatic nitrogens is 3. The Morgan fingerprint density at radius 1 is 1.33 bits per heavy atom. The molecule has 0 aliphatic rings. The van der Waals surface area contributed by atoms with Crippen molar-refractivity contribution in [3.8, 4) is 0 Å². The average molecular weight is 205 g/mol. The summed E-state index contributed by atoms with van der Waals surface area (Å²) in [6.45, 7) is 0.488. The van der Waals surface area contributed by atoms with E-state index in [0.717, 1.165) is 5.56 Å². The van der Waals surface area contributed by atoms with E-state index in [2.05, 4.69) is 15.2 Å².